The maximum atomic E-state index is 5.51. The maximum Gasteiger partial charge on any atom is 0.231 e. The van der Waals surface area contributed by atoms with Gasteiger partial charge in [0, 0.05) is 36.6 Å². The molecule has 3 aliphatic rings. The topological polar surface area (TPSA) is 54.5 Å². The smallest absolute Gasteiger partial charge is 0.231 e. The van der Waals surface area contributed by atoms with Crippen molar-refractivity contribution in [3.05, 3.63) is 23.8 Å². The molecule has 4 rings (SSSR count). The highest BCUT2D eigenvalue weighted by molar-refractivity contribution is 7.99. The molecule has 1 aromatic rings. The summed E-state index contributed by atoms with van der Waals surface area (Å²) >= 11 is 2.15. The molecular weight excluding hydrogens is 358 g/mol. The summed E-state index contributed by atoms with van der Waals surface area (Å²) in [5.41, 5.74) is 7.98. The van der Waals surface area contributed by atoms with E-state index in [0.29, 0.717) is 18.8 Å². The highest BCUT2D eigenvalue weighted by Crippen LogP contribution is 2.36. The van der Waals surface area contributed by atoms with Crippen LogP contribution < -0.4 is 25.6 Å². The minimum Gasteiger partial charge on any atom is -0.454 e. The fraction of sp³-hybridized carbons (Fsp3) is 0.667. The maximum absolute atomic E-state index is 5.51. The lowest BCUT2D eigenvalue weighted by Crippen LogP contribution is -2.30. The van der Waals surface area contributed by atoms with Crippen molar-refractivity contribution in [3.8, 4) is 11.5 Å². The molecule has 2 fully saturated rings. The molecule has 0 radical (unpaired) electrons. The Morgan fingerprint density at radius 2 is 2.00 bits per heavy atom. The summed E-state index contributed by atoms with van der Waals surface area (Å²) in [6, 6.07) is 6.58. The predicted molar refractivity (Wildman–Crippen MR) is 105 cm³/mol. The lowest BCUT2D eigenvalue weighted by molar-refractivity contribution is 0.174. The molecule has 0 aromatic heterocycles. The van der Waals surface area contributed by atoms with Gasteiger partial charge in [0.25, 0.3) is 0 Å². The first kappa shape index (κ1) is 19.1. The molecule has 3 N–H and O–H groups in total. The third-order valence-corrected chi connectivity index (χ3v) is 6.57. The van der Waals surface area contributed by atoms with Gasteiger partial charge in [-0.25, -0.2) is 5.43 Å². The van der Waals surface area contributed by atoms with Gasteiger partial charge in [0.1, 0.15) is 0 Å². The molecule has 2 unspecified atom stereocenters. The van der Waals surface area contributed by atoms with Crippen LogP contribution in [-0.2, 0) is 0 Å². The molecule has 1 aliphatic carbocycles. The molecule has 0 amide bonds. The number of fused-ring (bicyclic) bond motifs is 1. The van der Waals surface area contributed by atoms with E-state index in [0.717, 1.165) is 36.4 Å². The molecule has 2 atom stereocenters. The first-order valence-corrected chi connectivity index (χ1v) is 10.2. The second-order valence-corrected chi connectivity index (χ2v) is 8.27. The van der Waals surface area contributed by atoms with Gasteiger partial charge in [0.2, 0.25) is 6.79 Å². The van der Waals surface area contributed by atoms with Crippen molar-refractivity contribution < 1.29 is 9.47 Å². The molecule has 1 saturated carbocycles. The Morgan fingerprint density at radius 1 is 1.16 bits per heavy atom. The molecule has 2 aliphatic heterocycles. The number of benzene rings is 1. The van der Waals surface area contributed by atoms with Gasteiger partial charge in [-0.15, -0.1) is 12.4 Å². The van der Waals surface area contributed by atoms with Crippen molar-refractivity contribution in [2.24, 2.45) is 5.92 Å². The molecule has 0 bridgehead atoms. The summed E-state index contributed by atoms with van der Waals surface area (Å²) in [4.78, 5) is 0. The standard InChI is InChI=1S/C18H27N3O2S.ClH/c1-2-4-15(3-1)24-8-7-19-10-14-11-20-21-18(14)13-5-6-16-17(9-13)23-12-22-16;/h5-6,9,14-15,18-21H,1-4,7-8,10-12H2;1H. The molecule has 140 valence electrons. The summed E-state index contributed by atoms with van der Waals surface area (Å²) < 4.78 is 10.9. The van der Waals surface area contributed by atoms with E-state index in [4.69, 9.17) is 9.47 Å². The Morgan fingerprint density at radius 3 is 2.88 bits per heavy atom. The number of hydrogen-bond acceptors (Lipinski definition) is 6. The SMILES string of the molecule is Cl.c1cc2c(cc1C1NNCC1CNCCSC1CCCC1)OCO2. The van der Waals surface area contributed by atoms with Crippen LogP contribution in [0.2, 0.25) is 0 Å². The van der Waals surface area contributed by atoms with E-state index in [2.05, 4.69) is 40.1 Å². The Hall–Kier alpha value is -0.660. The van der Waals surface area contributed by atoms with E-state index < -0.39 is 0 Å². The van der Waals surface area contributed by atoms with Crippen molar-refractivity contribution in [1.82, 2.24) is 16.2 Å². The lowest BCUT2D eigenvalue weighted by atomic mass is 9.94. The number of hydrogen-bond donors (Lipinski definition) is 3. The van der Waals surface area contributed by atoms with E-state index in [-0.39, 0.29) is 12.4 Å². The average Bonchev–Trinajstić information content (AvgIpc) is 3.35. The van der Waals surface area contributed by atoms with Crippen molar-refractivity contribution >= 4 is 24.2 Å². The van der Waals surface area contributed by atoms with Crippen LogP contribution in [0.5, 0.6) is 11.5 Å². The van der Waals surface area contributed by atoms with Gasteiger partial charge < -0.3 is 14.8 Å². The molecule has 25 heavy (non-hydrogen) atoms. The van der Waals surface area contributed by atoms with E-state index in [1.807, 2.05) is 6.07 Å². The van der Waals surface area contributed by atoms with Gasteiger partial charge in [0.05, 0.1) is 6.04 Å². The van der Waals surface area contributed by atoms with Crippen LogP contribution in [0.25, 0.3) is 0 Å². The van der Waals surface area contributed by atoms with Gasteiger partial charge >= 0.3 is 0 Å². The van der Waals surface area contributed by atoms with Crippen LogP contribution in [-0.4, -0.2) is 37.4 Å². The average molecular weight is 386 g/mol. The van der Waals surface area contributed by atoms with E-state index >= 15 is 0 Å². The van der Waals surface area contributed by atoms with Gasteiger partial charge in [-0.05, 0) is 30.5 Å². The quantitative estimate of drug-likeness (QED) is 0.627. The second kappa shape index (κ2) is 9.33. The molecular formula is C18H28ClN3O2S. The zero-order valence-corrected chi connectivity index (χ0v) is 16.1. The van der Waals surface area contributed by atoms with Crippen LogP contribution >= 0.6 is 24.2 Å². The van der Waals surface area contributed by atoms with Crippen molar-refractivity contribution in [1.29, 1.82) is 0 Å². The third-order valence-electron chi connectivity index (χ3n) is 5.19. The van der Waals surface area contributed by atoms with Crippen molar-refractivity contribution in [3.63, 3.8) is 0 Å². The van der Waals surface area contributed by atoms with Crippen molar-refractivity contribution in [2.75, 3.05) is 32.2 Å². The van der Waals surface area contributed by atoms with Crippen LogP contribution in [0.4, 0.5) is 0 Å². The monoisotopic (exact) mass is 385 g/mol. The Labute approximate surface area is 160 Å². The molecule has 5 nitrogen and oxygen atoms in total. The van der Waals surface area contributed by atoms with Gasteiger partial charge in [-0.3, -0.25) is 5.43 Å². The predicted octanol–water partition coefficient (Wildman–Crippen LogP) is 2.87. The summed E-state index contributed by atoms with van der Waals surface area (Å²) in [5.74, 6) is 3.48. The minimum absolute atomic E-state index is 0. The van der Waals surface area contributed by atoms with E-state index in [1.165, 1.54) is 37.0 Å². The van der Waals surface area contributed by atoms with Gasteiger partial charge in [-0.2, -0.15) is 11.8 Å². The van der Waals surface area contributed by atoms with E-state index in [1.54, 1.807) is 0 Å². The summed E-state index contributed by atoms with van der Waals surface area (Å²) in [7, 11) is 0. The number of hydrazine groups is 1. The minimum atomic E-state index is 0. The normalized spacial score (nSPS) is 25.3. The molecule has 1 aromatic carbocycles. The molecule has 0 spiro atoms. The first-order chi connectivity index (χ1) is 11.9. The number of nitrogens with one attached hydrogen (secondary N) is 3. The fourth-order valence-electron chi connectivity index (χ4n) is 3.83. The van der Waals surface area contributed by atoms with E-state index in [9.17, 15) is 0 Å². The Kier molecular flexibility index (Phi) is 7.13. The van der Waals surface area contributed by atoms with Crippen LogP contribution in [0.1, 0.15) is 37.3 Å². The molecule has 2 heterocycles. The van der Waals surface area contributed by atoms with Crippen molar-refractivity contribution in [2.45, 2.75) is 37.0 Å². The summed E-state index contributed by atoms with van der Waals surface area (Å²) in [6.45, 7) is 3.45. The number of thioether (sulfide) groups is 1. The molecule has 1 saturated heterocycles. The number of ether oxygens (including phenoxy) is 2. The molecule has 7 heteroatoms. The zero-order chi connectivity index (χ0) is 16.2. The van der Waals surface area contributed by atoms with Crippen LogP contribution in [0.15, 0.2) is 18.2 Å². The highest BCUT2D eigenvalue weighted by atomic mass is 35.5. The van der Waals surface area contributed by atoms with Gasteiger partial charge in [0.15, 0.2) is 11.5 Å². The highest BCUT2D eigenvalue weighted by Gasteiger charge is 2.29. The van der Waals surface area contributed by atoms with Crippen LogP contribution in [0, 0.1) is 5.92 Å². The summed E-state index contributed by atoms with van der Waals surface area (Å²) in [6.07, 6.45) is 5.71. The van der Waals surface area contributed by atoms with Gasteiger partial charge in [-0.1, -0.05) is 18.9 Å². The number of halogens is 1. The first-order valence-electron chi connectivity index (χ1n) is 9.10. The third kappa shape index (κ3) is 4.74. The van der Waals surface area contributed by atoms with Crippen LogP contribution in [0.3, 0.4) is 0 Å². The largest absolute Gasteiger partial charge is 0.454 e. The summed E-state index contributed by atoms with van der Waals surface area (Å²) in [5, 5.41) is 4.57. The lowest BCUT2D eigenvalue weighted by Gasteiger charge is -2.20. The zero-order valence-electron chi connectivity index (χ0n) is 14.5. The number of rotatable bonds is 7. The Balaban J connectivity index is 0.00000182. The fourth-order valence-corrected chi connectivity index (χ4v) is 5.09. The Bertz CT molecular complexity index is 557. The second-order valence-electron chi connectivity index (χ2n) is 6.86.